The summed E-state index contributed by atoms with van der Waals surface area (Å²) >= 11 is 0. The number of nitrogens with zero attached hydrogens (tertiary/aromatic N) is 3. The van der Waals surface area contributed by atoms with Crippen molar-refractivity contribution in [1.82, 2.24) is 14.5 Å². The van der Waals surface area contributed by atoms with Crippen LogP contribution in [-0.4, -0.2) is 19.6 Å². The number of imidazole rings is 1. The van der Waals surface area contributed by atoms with Crippen molar-refractivity contribution in [2.45, 2.75) is 113 Å². The molecule has 0 unspecified atom stereocenters. The Bertz CT molecular complexity index is 3340. The molecule has 0 bridgehead atoms. The van der Waals surface area contributed by atoms with Crippen molar-refractivity contribution in [2.75, 3.05) is 0 Å². The highest BCUT2D eigenvalue weighted by atomic mass is 16.3. The Kier molecular flexibility index (Phi) is 12.0. The van der Waals surface area contributed by atoms with Crippen LogP contribution in [0.1, 0.15) is 111 Å². The lowest BCUT2D eigenvalue weighted by molar-refractivity contribution is 0.366. The molecule has 3 aromatic heterocycles. The number of para-hydroxylation sites is 1. The minimum absolute atomic E-state index is 0.0844. The molecular weight excluding hydrogens is 843 g/mol. The van der Waals surface area contributed by atoms with Gasteiger partial charge in [0.15, 0.2) is 0 Å². The minimum atomic E-state index is -0.346. The van der Waals surface area contributed by atoms with Crippen LogP contribution in [0, 0.1) is 12.3 Å². The third-order valence-corrected chi connectivity index (χ3v) is 13.2. The first-order chi connectivity index (χ1) is 32.5. The Morgan fingerprint density at radius 1 is 0.522 bits per heavy atom. The van der Waals surface area contributed by atoms with Crippen molar-refractivity contribution in [3.8, 4) is 78.8 Å². The number of pyridine rings is 1. The molecule has 0 atom stereocenters. The van der Waals surface area contributed by atoms with Gasteiger partial charge < -0.3 is 9.52 Å². The van der Waals surface area contributed by atoms with Gasteiger partial charge in [0, 0.05) is 40.4 Å². The molecule has 0 saturated carbocycles. The Hall–Kier alpha value is -6.98. The quantitative estimate of drug-likeness (QED) is 0.165. The smallest absolute Gasteiger partial charge is 0.149 e. The van der Waals surface area contributed by atoms with Crippen LogP contribution in [0.5, 0.6) is 5.75 Å². The molecule has 0 saturated heterocycles. The molecule has 0 spiro atoms. The lowest BCUT2D eigenvalue weighted by Gasteiger charge is -2.27. The second kappa shape index (κ2) is 17.5. The fraction of sp³-hybridized carbons (Fsp3) is 0.281. The zero-order valence-corrected chi connectivity index (χ0v) is 42.8. The van der Waals surface area contributed by atoms with Gasteiger partial charge in [0.25, 0.3) is 0 Å². The van der Waals surface area contributed by atoms with E-state index in [9.17, 15) is 5.11 Å². The highest BCUT2D eigenvalue weighted by Crippen LogP contribution is 2.47. The van der Waals surface area contributed by atoms with Gasteiger partial charge in [-0.1, -0.05) is 168 Å². The summed E-state index contributed by atoms with van der Waals surface area (Å²) in [6.07, 6.45) is 2.75. The maximum Gasteiger partial charge on any atom is 0.149 e. The number of fused-ring (bicyclic) bond motifs is 1. The van der Waals surface area contributed by atoms with E-state index in [1.54, 1.807) is 0 Å². The second-order valence-corrected chi connectivity index (χ2v) is 23.3. The molecule has 1 N–H and O–H groups in total. The number of phenolic OH excluding ortho intramolecular Hbond substituents is 1. The highest BCUT2D eigenvalue weighted by Gasteiger charge is 2.30. The number of benzene rings is 6. The van der Waals surface area contributed by atoms with E-state index < -0.39 is 0 Å². The van der Waals surface area contributed by atoms with Crippen LogP contribution in [0.2, 0.25) is 0 Å². The molecule has 0 aliphatic rings. The molecule has 5 heteroatoms. The van der Waals surface area contributed by atoms with Gasteiger partial charge in [0.2, 0.25) is 0 Å². The van der Waals surface area contributed by atoms with Crippen molar-refractivity contribution in [3.63, 3.8) is 0 Å². The number of aromatic hydroxyl groups is 1. The average molecular weight is 910 g/mol. The predicted molar refractivity (Wildman–Crippen MR) is 289 cm³/mol. The van der Waals surface area contributed by atoms with Crippen LogP contribution in [0.15, 0.2) is 156 Å². The number of furan rings is 1. The molecule has 0 aliphatic heterocycles. The van der Waals surface area contributed by atoms with Gasteiger partial charge in [-0.3, -0.25) is 9.55 Å². The Morgan fingerprint density at radius 2 is 1.17 bits per heavy atom. The van der Waals surface area contributed by atoms with Crippen molar-refractivity contribution in [1.29, 1.82) is 0 Å². The first kappa shape index (κ1) is 47.1. The number of hydrogen-bond acceptors (Lipinski definition) is 4. The number of hydrogen-bond donors (Lipinski definition) is 1. The third-order valence-electron chi connectivity index (χ3n) is 13.2. The van der Waals surface area contributed by atoms with E-state index in [0.717, 1.165) is 102 Å². The summed E-state index contributed by atoms with van der Waals surface area (Å²) in [6.45, 7) is 28.9. The third kappa shape index (κ3) is 9.57. The summed E-state index contributed by atoms with van der Waals surface area (Å²) < 4.78 is 8.96. The van der Waals surface area contributed by atoms with E-state index in [0.29, 0.717) is 11.4 Å². The summed E-state index contributed by atoms with van der Waals surface area (Å²) in [4.78, 5) is 10.7. The summed E-state index contributed by atoms with van der Waals surface area (Å²) in [5, 5.41) is 12.7. The molecular formula is C64H67N3O2. The minimum Gasteiger partial charge on any atom is -0.507 e. The number of aryl methyl sites for hydroxylation is 1. The monoisotopic (exact) mass is 910 g/mol. The van der Waals surface area contributed by atoms with Gasteiger partial charge in [0.05, 0.1) is 28.0 Å². The molecule has 3 heterocycles. The fourth-order valence-electron chi connectivity index (χ4n) is 9.49. The Balaban J connectivity index is 1.35. The lowest BCUT2D eigenvalue weighted by Crippen LogP contribution is -2.17. The number of rotatable bonds is 8. The number of aromatic nitrogens is 3. The molecule has 350 valence electrons. The van der Waals surface area contributed by atoms with Gasteiger partial charge in [-0.25, -0.2) is 4.98 Å². The summed E-state index contributed by atoms with van der Waals surface area (Å²) in [6, 6.07) is 51.9. The highest BCUT2D eigenvalue weighted by molar-refractivity contribution is 5.98. The predicted octanol–water partition coefficient (Wildman–Crippen LogP) is 17.5. The normalized spacial score (nSPS) is 12.5. The van der Waals surface area contributed by atoms with E-state index in [-0.39, 0.29) is 27.4 Å². The first-order valence-corrected chi connectivity index (χ1v) is 24.4. The molecule has 0 radical (unpaired) electrons. The van der Waals surface area contributed by atoms with Gasteiger partial charge in [-0.05, 0) is 128 Å². The maximum absolute atomic E-state index is 12.7. The van der Waals surface area contributed by atoms with Crippen LogP contribution in [0.25, 0.3) is 84.1 Å². The van der Waals surface area contributed by atoms with Gasteiger partial charge in [0.1, 0.15) is 23.1 Å². The molecule has 0 amide bonds. The van der Waals surface area contributed by atoms with E-state index in [4.69, 9.17) is 14.4 Å². The zero-order chi connectivity index (χ0) is 49.2. The summed E-state index contributed by atoms with van der Waals surface area (Å²) in [5.41, 5.74) is 16.5. The standard InChI is InChI=1S/C64H67N3O2/c1-40-31-49(39-61(2,3)4)69-59(40)44-27-28-55(51(35-44)42-23-18-15-19-24-42)67-56-26-20-25-50(57(56)66-60(67)52-37-48(63(8,9)10)38-53(58(52)68)64(11,12)13)45-32-46(34-47(33-45)62(5,6)7)54-36-43(29-30-65-54)41-21-16-14-17-22-41/h14-38,68H,39H2,1-13H3. The number of phenols is 1. The Morgan fingerprint density at radius 3 is 1.83 bits per heavy atom. The Labute approximate surface area is 410 Å². The van der Waals surface area contributed by atoms with E-state index in [2.05, 4.69) is 234 Å². The molecule has 6 aromatic carbocycles. The average Bonchev–Trinajstić information content (AvgIpc) is 3.87. The van der Waals surface area contributed by atoms with Crippen LogP contribution in [0.3, 0.4) is 0 Å². The zero-order valence-electron chi connectivity index (χ0n) is 42.8. The molecule has 69 heavy (non-hydrogen) atoms. The molecule has 0 fully saturated rings. The summed E-state index contributed by atoms with van der Waals surface area (Å²) in [5.74, 6) is 2.77. The van der Waals surface area contributed by atoms with Crippen LogP contribution in [-0.2, 0) is 22.7 Å². The van der Waals surface area contributed by atoms with Gasteiger partial charge in [-0.15, -0.1) is 0 Å². The van der Waals surface area contributed by atoms with E-state index in [1.807, 2.05) is 12.3 Å². The van der Waals surface area contributed by atoms with Crippen LogP contribution < -0.4 is 0 Å². The molecule has 9 rings (SSSR count). The van der Waals surface area contributed by atoms with Gasteiger partial charge in [-0.2, -0.15) is 0 Å². The SMILES string of the molecule is Cc1cc(CC(C)(C)C)oc1-c1ccc(-n2c(-c3cc(C(C)(C)C)cc(C(C)(C)C)c3O)nc3c(-c4cc(-c5cc(-c6ccccc6)ccn5)cc(C(C)(C)C)c4)cccc32)c(-c2ccccc2)c1. The molecule has 5 nitrogen and oxygen atoms in total. The topological polar surface area (TPSA) is 64.1 Å². The maximum atomic E-state index is 12.7. The van der Waals surface area contributed by atoms with Gasteiger partial charge >= 0.3 is 0 Å². The first-order valence-electron chi connectivity index (χ1n) is 24.4. The van der Waals surface area contributed by atoms with Crippen molar-refractivity contribution in [2.24, 2.45) is 5.41 Å². The molecule has 9 aromatic rings. The van der Waals surface area contributed by atoms with Crippen molar-refractivity contribution < 1.29 is 9.52 Å². The van der Waals surface area contributed by atoms with Crippen LogP contribution >= 0.6 is 0 Å². The fourth-order valence-corrected chi connectivity index (χ4v) is 9.49. The van der Waals surface area contributed by atoms with Crippen molar-refractivity contribution in [3.05, 3.63) is 180 Å². The lowest BCUT2D eigenvalue weighted by atomic mass is 9.79. The van der Waals surface area contributed by atoms with Crippen LogP contribution in [0.4, 0.5) is 0 Å². The van der Waals surface area contributed by atoms with Crippen molar-refractivity contribution >= 4 is 11.0 Å². The second-order valence-electron chi connectivity index (χ2n) is 23.3. The van der Waals surface area contributed by atoms with E-state index in [1.165, 1.54) is 5.56 Å². The summed E-state index contributed by atoms with van der Waals surface area (Å²) in [7, 11) is 0. The van der Waals surface area contributed by atoms with E-state index >= 15 is 0 Å². The molecule has 0 aliphatic carbocycles. The largest absolute Gasteiger partial charge is 0.507 e.